The molecule has 92 valence electrons. The van der Waals surface area contributed by atoms with Gasteiger partial charge in [0, 0.05) is 16.1 Å². The third-order valence-corrected chi connectivity index (χ3v) is 3.07. The van der Waals surface area contributed by atoms with Crippen molar-refractivity contribution in [3.63, 3.8) is 0 Å². The lowest BCUT2D eigenvalue weighted by atomic mass is 9.83. The van der Waals surface area contributed by atoms with Gasteiger partial charge in [0.2, 0.25) is 0 Å². The Bertz CT molecular complexity index is 377. The molecule has 2 nitrogen and oxygen atoms in total. The minimum absolute atomic E-state index is 0. The second kappa shape index (κ2) is 5.58. The predicted molar refractivity (Wildman–Crippen MR) is 74.4 cm³/mol. The molecule has 0 saturated carbocycles. The molecule has 1 atom stereocenters. The lowest BCUT2D eigenvalue weighted by Crippen LogP contribution is -2.26. The van der Waals surface area contributed by atoms with Crippen molar-refractivity contribution in [3.8, 4) is 5.75 Å². The number of phenolic OH excluding ortho intramolecular Hbond substituents is 1. The van der Waals surface area contributed by atoms with E-state index in [-0.39, 0.29) is 29.6 Å². The molecule has 0 bridgehead atoms. The Labute approximate surface area is 116 Å². The highest BCUT2D eigenvalue weighted by Crippen LogP contribution is 2.40. The van der Waals surface area contributed by atoms with Crippen LogP contribution in [0.25, 0.3) is 0 Å². The van der Waals surface area contributed by atoms with E-state index in [1.807, 2.05) is 20.8 Å². The second-order valence-electron chi connectivity index (χ2n) is 4.67. The summed E-state index contributed by atoms with van der Waals surface area (Å²) < 4.78 is 0.819. The van der Waals surface area contributed by atoms with E-state index in [1.54, 1.807) is 12.1 Å². The number of nitrogens with two attached hydrogens (primary N) is 1. The molecule has 0 radical (unpaired) electrons. The maximum atomic E-state index is 9.82. The van der Waals surface area contributed by atoms with Crippen molar-refractivity contribution in [2.45, 2.75) is 26.8 Å². The van der Waals surface area contributed by atoms with Crippen molar-refractivity contribution in [1.29, 1.82) is 0 Å². The molecule has 5 heteroatoms. The number of rotatable bonds is 1. The molecular formula is C11H16BrCl2NO. The smallest absolute Gasteiger partial charge is 0.139 e. The fourth-order valence-electron chi connectivity index (χ4n) is 1.29. The van der Waals surface area contributed by atoms with Crippen LogP contribution in [-0.2, 0) is 0 Å². The summed E-state index contributed by atoms with van der Waals surface area (Å²) in [6.45, 7) is 6.06. The van der Waals surface area contributed by atoms with Gasteiger partial charge in [-0.15, -0.1) is 12.4 Å². The van der Waals surface area contributed by atoms with Gasteiger partial charge in [0.05, 0.1) is 5.02 Å². The lowest BCUT2D eigenvalue weighted by Gasteiger charge is -2.28. The van der Waals surface area contributed by atoms with Crippen LogP contribution in [0.4, 0.5) is 0 Å². The maximum absolute atomic E-state index is 9.82. The summed E-state index contributed by atoms with van der Waals surface area (Å²) in [5.41, 5.74) is 6.62. The van der Waals surface area contributed by atoms with Crippen LogP contribution in [0, 0.1) is 5.41 Å². The second-order valence-corrected chi connectivity index (χ2v) is 5.99. The average Bonchev–Trinajstić information content (AvgIpc) is 2.08. The van der Waals surface area contributed by atoms with Gasteiger partial charge in [0.15, 0.2) is 0 Å². The van der Waals surface area contributed by atoms with E-state index in [1.165, 1.54) is 0 Å². The fourth-order valence-corrected chi connectivity index (χ4v) is 2.12. The molecule has 0 fully saturated rings. The summed E-state index contributed by atoms with van der Waals surface area (Å²) in [7, 11) is 0. The molecule has 0 heterocycles. The Morgan fingerprint density at radius 2 is 1.88 bits per heavy atom. The molecule has 1 rings (SSSR count). The zero-order valence-electron chi connectivity index (χ0n) is 9.42. The van der Waals surface area contributed by atoms with Gasteiger partial charge in [0.1, 0.15) is 5.75 Å². The first-order chi connectivity index (χ1) is 6.73. The van der Waals surface area contributed by atoms with Crippen LogP contribution in [0.15, 0.2) is 16.6 Å². The fraction of sp³-hybridized carbons (Fsp3) is 0.455. The van der Waals surface area contributed by atoms with Crippen molar-refractivity contribution in [1.82, 2.24) is 0 Å². The summed E-state index contributed by atoms with van der Waals surface area (Å²) in [5.74, 6) is 0.0716. The molecule has 0 aliphatic rings. The van der Waals surface area contributed by atoms with E-state index >= 15 is 0 Å². The molecule has 0 saturated heterocycles. The molecule has 0 unspecified atom stereocenters. The summed E-state index contributed by atoms with van der Waals surface area (Å²) in [6.07, 6.45) is 0. The van der Waals surface area contributed by atoms with Gasteiger partial charge in [-0.2, -0.15) is 0 Å². The van der Waals surface area contributed by atoms with Crippen molar-refractivity contribution in [2.24, 2.45) is 11.1 Å². The minimum atomic E-state index is -0.257. The molecule has 3 N–H and O–H groups in total. The van der Waals surface area contributed by atoms with E-state index in [9.17, 15) is 5.11 Å². The largest absolute Gasteiger partial charge is 0.506 e. The first-order valence-electron chi connectivity index (χ1n) is 4.67. The minimum Gasteiger partial charge on any atom is -0.506 e. The van der Waals surface area contributed by atoms with Gasteiger partial charge in [-0.05, 0) is 17.5 Å². The Morgan fingerprint density at radius 1 is 1.38 bits per heavy atom. The SMILES string of the molecule is CC(C)(C)[C@@H](N)c1cc(Br)cc(Cl)c1O.Cl. The highest BCUT2D eigenvalue weighted by molar-refractivity contribution is 9.10. The number of halogens is 3. The maximum Gasteiger partial charge on any atom is 0.139 e. The van der Waals surface area contributed by atoms with Gasteiger partial charge in [-0.3, -0.25) is 0 Å². The first kappa shape index (κ1) is 16.0. The van der Waals surface area contributed by atoms with Gasteiger partial charge >= 0.3 is 0 Å². The van der Waals surface area contributed by atoms with Crippen LogP contribution in [0.5, 0.6) is 5.75 Å². The highest BCUT2D eigenvalue weighted by atomic mass is 79.9. The monoisotopic (exact) mass is 327 g/mol. The molecular weight excluding hydrogens is 313 g/mol. The van der Waals surface area contributed by atoms with E-state index < -0.39 is 0 Å². The first-order valence-corrected chi connectivity index (χ1v) is 5.84. The Balaban J connectivity index is 0.00000225. The van der Waals surface area contributed by atoms with Crippen molar-refractivity contribution < 1.29 is 5.11 Å². The Hall–Kier alpha value is 0.0400. The molecule has 0 amide bonds. The van der Waals surface area contributed by atoms with Crippen molar-refractivity contribution in [2.75, 3.05) is 0 Å². The van der Waals surface area contributed by atoms with Gasteiger partial charge in [-0.1, -0.05) is 48.3 Å². The molecule has 0 aliphatic heterocycles. The van der Waals surface area contributed by atoms with Gasteiger partial charge < -0.3 is 10.8 Å². The van der Waals surface area contributed by atoms with E-state index in [0.717, 1.165) is 4.47 Å². The quantitative estimate of drug-likeness (QED) is 0.808. The van der Waals surface area contributed by atoms with Crippen molar-refractivity contribution >= 4 is 39.9 Å². The number of hydrogen-bond acceptors (Lipinski definition) is 2. The predicted octanol–water partition coefficient (Wildman–Crippen LogP) is 4.28. The van der Waals surface area contributed by atoms with E-state index in [4.69, 9.17) is 17.3 Å². The number of hydrogen-bond donors (Lipinski definition) is 2. The van der Waals surface area contributed by atoms with Crippen LogP contribution in [0.1, 0.15) is 32.4 Å². The summed E-state index contributed by atoms with van der Waals surface area (Å²) >= 11 is 9.21. The van der Waals surface area contributed by atoms with E-state index in [0.29, 0.717) is 10.6 Å². The topological polar surface area (TPSA) is 46.2 Å². The Morgan fingerprint density at radius 3 is 2.31 bits per heavy atom. The average molecular weight is 329 g/mol. The van der Waals surface area contributed by atoms with Gasteiger partial charge in [-0.25, -0.2) is 0 Å². The summed E-state index contributed by atoms with van der Waals surface area (Å²) in [5, 5.41) is 10.1. The van der Waals surface area contributed by atoms with Gasteiger partial charge in [0.25, 0.3) is 0 Å². The van der Waals surface area contributed by atoms with Crippen molar-refractivity contribution in [3.05, 3.63) is 27.2 Å². The van der Waals surface area contributed by atoms with E-state index in [2.05, 4.69) is 15.9 Å². The zero-order chi connectivity index (χ0) is 11.8. The Kier molecular flexibility index (Phi) is 5.60. The third kappa shape index (κ3) is 3.52. The summed E-state index contributed by atoms with van der Waals surface area (Å²) in [6, 6.07) is 3.19. The van der Waals surface area contributed by atoms with Crippen LogP contribution in [0.3, 0.4) is 0 Å². The molecule has 0 spiro atoms. The normalized spacial score (nSPS) is 13.1. The van der Waals surface area contributed by atoms with Crippen LogP contribution >= 0.6 is 39.9 Å². The standard InChI is InChI=1S/C11H15BrClNO.ClH/c1-11(2,3)10(14)7-4-6(12)5-8(13)9(7)15;/h4-5,10,15H,14H2,1-3H3;1H/t10-;/m0./s1. The highest BCUT2D eigenvalue weighted by Gasteiger charge is 2.25. The molecule has 1 aromatic rings. The lowest BCUT2D eigenvalue weighted by molar-refractivity contribution is 0.317. The number of aromatic hydroxyl groups is 1. The van der Waals surface area contributed by atoms with Crippen LogP contribution < -0.4 is 5.73 Å². The third-order valence-electron chi connectivity index (χ3n) is 2.33. The molecule has 16 heavy (non-hydrogen) atoms. The van der Waals surface area contributed by atoms with Crippen LogP contribution in [0.2, 0.25) is 5.02 Å². The molecule has 0 aromatic heterocycles. The number of benzene rings is 1. The molecule has 0 aliphatic carbocycles. The summed E-state index contributed by atoms with van der Waals surface area (Å²) in [4.78, 5) is 0. The number of phenols is 1. The van der Waals surface area contributed by atoms with Crippen LogP contribution in [-0.4, -0.2) is 5.11 Å². The zero-order valence-corrected chi connectivity index (χ0v) is 12.6. The molecule has 1 aromatic carbocycles.